The minimum atomic E-state index is -0.686. The van der Waals surface area contributed by atoms with Gasteiger partial charge in [0.25, 0.3) is 0 Å². The normalized spacial score (nSPS) is 17.8. The highest BCUT2D eigenvalue weighted by molar-refractivity contribution is 6.30. The minimum absolute atomic E-state index is 0.0862. The second kappa shape index (κ2) is 7.60. The summed E-state index contributed by atoms with van der Waals surface area (Å²) in [6, 6.07) is 6.71. The standard InChI is InChI=1S/C17H21ClO3/c1-21-17(20)15(12-6-4-2-3-5-7-12)16(19)13-8-10-14(18)11-9-13/h8-12,15H,2-7H2,1H3. The number of ketones is 1. The number of Topliss-reactive ketones (excluding diaryl/α,β-unsaturated/α-hetero) is 1. The van der Waals surface area contributed by atoms with Gasteiger partial charge in [-0.05, 0) is 43.0 Å². The molecule has 0 aliphatic heterocycles. The van der Waals surface area contributed by atoms with Crippen molar-refractivity contribution in [3.8, 4) is 0 Å². The fourth-order valence-electron chi connectivity index (χ4n) is 3.08. The number of hydrogen-bond donors (Lipinski definition) is 0. The van der Waals surface area contributed by atoms with Crippen molar-refractivity contribution in [3.05, 3.63) is 34.9 Å². The van der Waals surface area contributed by atoms with Crippen LogP contribution in [0.5, 0.6) is 0 Å². The van der Waals surface area contributed by atoms with Crippen LogP contribution >= 0.6 is 11.6 Å². The minimum Gasteiger partial charge on any atom is -0.468 e. The molecule has 1 saturated carbocycles. The molecule has 0 N–H and O–H groups in total. The van der Waals surface area contributed by atoms with Crippen LogP contribution in [0.2, 0.25) is 5.02 Å². The molecule has 114 valence electrons. The molecule has 21 heavy (non-hydrogen) atoms. The number of benzene rings is 1. The smallest absolute Gasteiger partial charge is 0.316 e. The highest BCUT2D eigenvalue weighted by Gasteiger charge is 2.36. The largest absolute Gasteiger partial charge is 0.468 e. The van der Waals surface area contributed by atoms with Gasteiger partial charge < -0.3 is 4.74 Å². The summed E-state index contributed by atoms with van der Waals surface area (Å²) in [7, 11) is 1.35. The van der Waals surface area contributed by atoms with Crippen LogP contribution in [0.1, 0.15) is 48.9 Å². The first-order valence-corrected chi connectivity index (χ1v) is 7.89. The summed E-state index contributed by atoms with van der Waals surface area (Å²) < 4.78 is 4.89. The maximum Gasteiger partial charge on any atom is 0.316 e. The van der Waals surface area contributed by atoms with Gasteiger partial charge >= 0.3 is 5.97 Å². The second-order valence-electron chi connectivity index (χ2n) is 5.62. The first-order chi connectivity index (χ1) is 10.1. The number of esters is 1. The fourth-order valence-corrected chi connectivity index (χ4v) is 3.20. The Balaban J connectivity index is 2.24. The number of carbonyl (C=O) groups excluding carboxylic acids is 2. The zero-order valence-corrected chi connectivity index (χ0v) is 13.1. The quantitative estimate of drug-likeness (QED) is 0.361. The Morgan fingerprint density at radius 1 is 1.10 bits per heavy atom. The molecule has 0 amide bonds. The summed E-state index contributed by atoms with van der Waals surface area (Å²) in [6.45, 7) is 0. The Labute approximate surface area is 130 Å². The maximum atomic E-state index is 12.7. The van der Waals surface area contributed by atoms with Gasteiger partial charge in [0.1, 0.15) is 5.92 Å². The SMILES string of the molecule is COC(=O)C(C(=O)c1ccc(Cl)cc1)C1CCCCCC1. The molecule has 0 radical (unpaired) electrons. The molecular weight excluding hydrogens is 288 g/mol. The Hall–Kier alpha value is -1.35. The molecule has 1 aliphatic carbocycles. The van der Waals surface area contributed by atoms with E-state index in [1.54, 1.807) is 24.3 Å². The van der Waals surface area contributed by atoms with Gasteiger partial charge in [-0.25, -0.2) is 0 Å². The van der Waals surface area contributed by atoms with Gasteiger partial charge in [-0.3, -0.25) is 9.59 Å². The third kappa shape index (κ3) is 4.07. The Kier molecular flexibility index (Phi) is 5.80. The number of halogens is 1. The predicted molar refractivity (Wildman–Crippen MR) is 82.5 cm³/mol. The van der Waals surface area contributed by atoms with Crippen LogP contribution in [0.4, 0.5) is 0 Å². The zero-order valence-electron chi connectivity index (χ0n) is 12.3. The average molecular weight is 309 g/mol. The van der Waals surface area contributed by atoms with E-state index in [9.17, 15) is 9.59 Å². The van der Waals surface area contributed by atoms with Gasteiger partial charge in [-0.1, -0.05) is 37.3 Å². The van der Waals surface area contributed by atoms with Crippen LogP contribution < -0.4 is 0 Å². The molecule has 0 aromatic heterocycles. The molecule has 1 atom stereocenters. The van der Waals surface area contributed by atoms with Crippen LogP contribution in [0, 0.1) is 11.8 Å². The molecule has 0 heterocycles. The highest BCUT2D eigenvalue weighted by atomic mass is 35.5. The molecule has 1 aliphatic rings. The van der Waals surface area contributed by atoms with E-state index in [0.29, 0.717) is 10.6 Å². The molecule has 0 saturated heterocycles. The van der Waals surface area contributed by atoms with Crippen molar-refractivity contribution in [3.63, 3.8) is 0 Å². The molecule has 1 fully saturated rings. The number of ether oxygens (including phenoxy) is 1. The van der Waals surface area contributed by atoms with Gasteiger partial charge in [-0.2, -0.15) is 0 Å². The van der Waals surface area contributed by atoms with E-state index < -0.39 is 11.9 Å². The van der Waals surface area contributed by atoms with Crippen molar-refractivity contribution in [2.24, 2.45) is 11.8 Å². The van der Waals surface area contributed by atoms with Crippen LogP contribution in [-0.4, -0.2) is 18.9 Å². The van der Waals surface area contributed by atoms with E-state index in [4.69, 9.17) is 16.3 Å². The number of rotatable bonds is 4. The van der Waals surface area contributed by atoms with E-state index in [0.717, 1.165) is 25.7 Å². The summed E-state index contributed by atoms with van der Waals surface area (Å²) in [6.07, 6.45) is 6.34. The Morgan fingerprint density at radius 3 is 2.19 bits per heavy atom. The van der Waals surface area contributed by atoms with Crippen LogP contribution in [0.15, 0.2) is 24.3 Å². The molecule has 0 bridgehead atoms. The second-order valence-corrected chi connectivity index (χ2v) is 6.06. The summed E-state index contributed by atoms with van der Waals surface area (Å²) in [5.41, 5.74) is 0.527. The molecular formula is C17H21ClO3. The van der Waals surface area contributed by atoms with Gasteiger partial charge in [0.15, 0.2) is 5.78 Å². The molecule has 1 aromatic carbocycles. The van der Waals surface area contributed by atoms with Crippen molar-refractivity contribution in [2.75, 3.05) is 7.11 Å². The van der Waals surface area contributed by atoms with Crippen LogP contribution in [0.25, 0.3) is 0 Å². The van der Waals surface area contributed by atoms with Crippen molar-refractivity contribution in [2.45, 2.75) is 38.5 Å². The summed E-state index contributed by atoms with van der Waals surface area (Å²) in [5, 5.41) is 0.579. The number of methoxy groups -OCH3 is 1. The average Bonchev–Trinajstić information content (AvgIpc) is 2.77. The molecule has 2 rings (SSSR count). The van der Waals surface area contributed by atoms with E-state index >= 15 is 0 Å². The van der Waals surface area contributed by atoms with E-state index in [-0.39, 0.29) is 11.7 Å². The van der Waals surface area contributed by atoms with E-state index in [1.165, 1.54) is 20.0 Å². The van der Waals surface area contributed by atoms with Gasteiger partial charge in [0.2, 0.25) is 0 Å². The van der Waals surface area contributed by atoms with Crippen molar-refractivity contribution < 1.29 is 14.3 Å². The maximum absolute atomic E-state index is 12.7. The molecule has 0 spiro atoms. The molecule has 3 nitrogen and oxygen atoms in total. The summed E-state index contributed by atoms with van der Waals surface area (Å²) in [5.74, 6) is -1.16. The molecule has 4 heteroatoms. The van der Waals surface area contributed by atoms with Gasteiger partial charge in [-0.15, -0.1) is 0 Å². The van der Waals surface area contributed by atoms with Crippen LogP contribution in [-0.2, 0) is 9.53 Å². The van der Waals surface area contributed by atoms with Crippen LogP contribution in [0.3, 0.4) is 0 Å². The lowest BCUT2D eigenvalue weighted by Gasteiger charge is -2.23. The first kappa shape index (κ1) is 16.0. The van der Waals surface area contributed by atoms with Gasteiger partial charge in [0.05, 0.1) is 7.11 Å². The third-order valence-corrected chi connectivity index (χ3v) is 4.49. The fraction of sp³-hybridized carbons (Fsp3) is 0.529. The lowest BCUT2D eigenvalue weighted by Crippen LogP contribution is -2.32. The first-order valence-electron chi connectivity index (χ1n) is 7.51. The lowest BCUT2D eigenvalue weighted by molar-refractivity contribution is -0.145. The monoisotopic (exact) mass is 308 g/mol. The third-order valence-electron chi connectivity index (χ3n) is 4.24. The highest BCUT2D eigenvalue weighted by Crippen LogP contribution is 2.32. The topological polar surface area (TPSA) is 43.4 Å². The molecule has 1 unspecified atom stereocenters. The van der Waals surface area contributed by atoms with Crippen molar-refractivity contribution in [1.82, 2.24) is 0 Å². The zero-order chi connectivity index (χ0) is 15.2. The summed E-state index contributed by atoms with van der Waals surface area (Å²) >= 11 is 5.85. The number of carbonyl (C=O) groups is 2. The van der Waals surface area contributed by atoms with Crippen molar-refractivity contribution in [1.29, 1.82) is 0 Å². The van der Waals surface area contributed by atoms with E-state index in [1.807, 2.05) is 0 Å². The predicted octanol–water partition coefficient (Wildman–Crippen LogP) is 4.28. The van der Waals surface area contributed by atoms with Gasteiger partial charge in [0, 0.05) is 10.6 Å². The Morgan fingerprint density at radius 2 is 1.67 bits per heavy atom. The number of hydrogen-bond acceptors (Lipinski definition) is 3. The van der Waals surface area contributed by atoms with Crippen molar-refractivity contribution >= 4 is 23.4 Å². The Bertz CT molecular complexity index is 487. The molecule has 1 aromatic rings. The summed E-state index contributed by atoms with van der Waals surface area (Å²) in [4.78, 5) is 24.9. The van der Waals surface area contributed by atoms with E-state index in [2.05, 4.69) is 0 Å². The lowest BCUT2D eigenvalue weighted by atomic mass is 9.81.